The third-order valence-corrected chi connectivity index (χ3v) is 3.64. The topological polar surface area (TPSA) is 29.9 Å². The molecule has 0 fully saturated rings. The Morgan fingerprint density at radius 2 is 2.20 bits per heavy atom. The van der Waals surface area contributed by atoms with Crippen molar-refractivity contribution in [1.29, 1.82) is 0 Å². The fourth-order valence-corrected chi connectivity index (χ4v) is 2.67. The van der Waals surface area contributed by atoms with Gasteiger partial charge >= 0.3 is 0 Å². The Kier molecular flexibility index (Phi) is 5.31. The molecule has 0 amide bonds. The third kappa shape index (κ3) is 3.27. The first-order valence-electron chi connectivity index (χ1n) is 6.86. The molecule has 0 aliphatic rings. The van der Waals surface area contributed by atoms with Crippen molar-refractivity contribution in [3.63, 3.8) is 0 Å². The summed E-state index contributed by atoms with van der Waals surface area (Å²) in [5.41, 5.74) is 0.616. The first-order valence-corrected chi connectivity index (χ1v) is 7.66. The molecule has 1 heterocycles. The Labute approximate surface area is 127 Å². The molecule has 1 atom stereocenters. The van der Waals surface area contributed by atoms with Crippen molar-refractivity contribution >= 4 is 15.9 Å². The van der Waals surface area contributed by atoms with Crippen LogP contribution in [0.1, 0.15) is 37.7 Å². The summed E-state index contributed by atoms with van der Waals surface area (Å²) in [4.78, 5) is 4.42. The lowest BCUT2D eigenvalue weighted by atomic mass is 10.1. The number of aryl methyl sites for hydroxylation is 1. The molecule has 0 radical (unpaired) electrons. The van der Waals surface area contributed by atoms with Gasteiger partial charge in [0.2, 0.25) is 0 Å². The summed E-state index contributed by atoms with van der Waals surface area (Å²) in [6, 6.07) is 4.77. The second kappa shape index (κ2) is 6.99. The highest BCUT2D eigenvalue weighted by molar-refractivity contribution is 9.10. The van der Waals surface area contributed by atoms with Crippen LogP contribution in [-0.4, -0.2) is 16.1 Å². The van der Waals surface area contributed by atoms with Crippen molar-refractivity contribution in [3.05, 3.63) is 52.3 Å². The minimum atomic E-state index is -0.237. The van der Waals surface area contributed by atoms with E-state index in [2.05, 4.69) is 37.7 Å². The van der Waals surface area contributed by atoms with Gasteiger partial charge in [0.25, 0.3) is 0 Å². The van der Waals surface area contributed by atoms with E-state index in [0.717, 1.165) is 29.8 Å². The van der Waals surface area contributed by atoms with Crippen LogP contribution >= 0.6 is 15.9 Å². The Morgan fingerprint density at radius 1 is 1.40 bits per heavy atom. The molecule has 3 nitrogen and oxygen atoms in total. The van der Waals surface area contributed by atoms with E-state index in [-0.39, 0.29) is 11.9 Å². The van der Waals surface area contributed by atoms with Gasteiger partial charge in [-0.1, -0.05) is 29.8 Å². The molecule has 1 N–H and O–H groups in total. The molecule has 0 spiro atoms. The highest BCUT2D eigenvalue weighted by Gasteiger charge is 2.21. The number of hydrogen-bond donors (Lipinski definition) is 1. The second-order valence-electron chi connectivity index (χ2n) is 4.64. The van der Waals surface area contributed by atoms with Crippen LogP contribution in [-0.2, 0) is 6.54 Å². The van der Waals surface area contributed by atoms with E-state index >= 15 is 0 Å². The Balaban J connectivity index is 2.44. The average Bonchev–Trinajstić information content (AvgIpc) is 2.88. The molecular formula is C15H19BrFN3. The summed E-state index contributed by atoms with van der Waals surface area (Å²) >= 11 is 3.41. The molecule has 20 heavy (non-hydrogen) atoms. The van der Waals surface area contributed by atoms with Gasteiger partial charge in [-0.3, -0.25) is 0 Å². The van der Waals surface area contributed by atoms with Gasteiger partial charge in [-0.15, -0.1) is 0 Å². The largest absolute Gasteiger partial charge is 0.333 e. The van der Waals surface area contributed by atoms with Crippen LogP contribution in [0.15, 0.2) is 35.1 Å². The molecule has 0 bridgehead atoms. The molecule has 1 aromatic carbocycles. The van der Waals surface area contributed by atoms with Crippen LogP contribution in [0.4, 0.5) is 4.39 Å². The third-order valence-electron chi connectivity index (χ3n) is 3.15. The first-order chi connectivity index (χ1) is 9.67. The predicted octanol–water partition coefficient (Wildman–Crippen LogP) is 3.89. The maximum Gasteiger partial charge on any atom is 0.130 e. The van der Waals surface area contributed by atoms with E-state index in [1.165, 1.54) is 6.07 Å². The zero-order chi connectivity index (χ0) is 14.5. The smallest absolute Gasteiger partial charge is 0.130 e. The van der Waals surface area contributed by atoms with Crippen LogP contribution in [0.2, 0.25) is 0 Å². The molecule has 0 saturated heterocycles. The van der Waals surface area contributed by atoms with Crippen LogP contribution in [0, 0.1) is 5.82 Å². The molecule has 2 aromatic rings. The number of nitrogens with zero attached hydrogens (tertiary/aromatic N) is 2. The van der Waals surface area contributed by atoms with Gasteiger partial charge < -0.3 is 9.88 Å². The number of imidazole rings is 1. The number of benzene rings is 1. The van der Waals surface area contributed by atoms with Crippen LogP contribution in [0.3, 0.4) is 0 Å². The fourth-order valence-electron chi connectivity index (χ4n) is 2.29. The van der Waals surface area contributed by atoms with Crippen molar-refractivity contribution < 1.29 is 4.39 Å². The highest BCUT2D eigenvalue weighted by Crippen LogP contribution is 2.26. The summed E-state index contributed by atoms with van der Waals surface area (Å²) in [6.45, 7) is 5.75. The van der Waals surface area contributed by atoms with Crippen molar-refractivity contribution in [2.45, 2.75) is 32.9 Å². The SMILES string of the molecule is CCCn1ccnc1C(NCC)c1cc(Br)ccc1F. The van der Waals surface area contributed by atoms with Gasteiger partial charge in [0.15, 0.2) is 0 Å². The van der Waals surface area contributed by atoms with Gasteiger partial charge in [-0.05, 0) is 31.2 Å². The highest BCUT2D eigenvalue weighted by atomic mass is 79.9. The number of aromatic nitrogens is 2. The summed E-state index contributed by atoms with van der Waals surface area (Å²) < 4.78 is 17.1. The van der Waals surface area contributed by atoms with E-state index in [4.69, 9.17) is 0 Å². The van der Waals surface area contributed by atoms with E-state index in [0.29, 0.717) is 5.56 Å². The summed E-state index contributed by atoms with van der Waals surface area (Å²) in [5, 5.41) is 3.32. The monoisotopic (exact) mass is 339 g/mol. The number of hydrogen-bond acceptors (Lipinski definition) is 2. The van der Waals surface area contributed by atoms with Crippen molar-refractivity contribution in [3.8, 4) is 0 Å². The molecular weight excluding hydrogens is 321 g/mol. The van der Waals surface area contributed by atoms with Crippen LogP contribution < -0.4 is 5.32 Å². The average molecular weight is 340 g/mol. The Hall–Kier alpha value is -1.20. The van der Waals surface area contributed by atoms with E-state index in [1.54, 1.807) is 12.3 Å². The summed E-state index contributed by atoms with van der Waals surface area (Å²) in [6.07, 6.45) is 4.73. The zero-order valence-electron chi connectivity index (χ0n) is 11.7. The van der Waals surface area contributed by atoms with E-state index in [1.807, 2.05) is 19.2 Å². The number of halogens is 2. The maximum absolute atomic E-state index is 14.2. The maximum atomic E-state index is 14.2. The van der Waals surface area contributed by atoms with Gasteiger partial charge in [0.05, 0.1) is 6.04 Å². The second-order valence-corrected chi connectivity index (χ2v) is 5.55. The standard InChI is InChI=1S/C15H19BrFN3/c1-3-8-20-9-7-19-15(20)14(18-4-2)12-10-11(16)5-6-13(12)17/h5-7,9-10,14,18H,3-4,8H2,1-2H3. The summed E-state index contributed by atoms with van der Waals surface area (Å²) in [5.74, 6) is 0.635. The fraction of sp³-hybridized carbons (Fsp3) is 0.400. The van der Waals surface area contributed by atoms with Crippen LogP contribution in [0.5, 0.6) is 0 Å². The Bertz CT molecular complexity index is 568. The molecule has 0 saturated carbocycles. The van der Waals surface area contributed by atoms with Gasteiger partial charge in [0, 0.05) is 29.0 Å². The molecule has 1 unspecified atom stereocenters. The molecule has 5 heteroatoms. The summed E-state index contributed by atoms with van der Waals surface area (Å²) in [7, 11) is 0. The lowest BCUT2D eigenvalue weighted by molar-refractivity contribution is 0.514. The number of rotatable bonds is 6. The minimum Gasteiger partial charge on any atom is -0.333 e. The van der Waals surface area contributed by atoms with Crippen molar-refractivity contribution in [2.75, 3.05) is 6.54 Å². The molecule has 0 aliphatic heterocycles. The van der Waals surface area contributed by atoms with E-state index in [9.17, 15) is 4.39 Å². The predicted molar refractivity (Wildman–Crippen MR) is 82.1 cm³/mol. The van der Waals surface area contributed by atoms with Crippen LogP contribution in [0.25, 0.3) is 0 Å². The first kappa shape index (κ1) is 15.2. The Morgan fingerprint density at radius 3 is 2.90 bits per heavy atom. The molecule has 1 aromatic heterocycles. The molecule has 0 aliphatic carbocycles. The van der Waals surface area contributed by atoms with Gasteiger partial charge in [-0.25, -0.2) is 9.37 Å². The number of nitrogens with one attached hydrogen (secondary N) is 1. The lowest BCUT2D eigenvalue weighted by Gasteiger charge is -2.20. The lowest BCUT2D eigenvalue weighted by Crippen LogP contribution is -2.26. The van der Waals surface area contributed by atoms with E-state index < -0.39 is 0 Å². The van der Waals surface area contributed by atoms with Crippen molar-refractivity contribution in [2.24, 2.45) is 0 Å². The zero-order valence-corrected chi connectivity index (χ0v) is 13.3. The van der Waals surface area contributed by atoms with Gasteiger partial charge in [-0.2, -0.15) is 0 Å². The minimum absolute atomic E-state index is 0.217. The quantitative estimate of drug-likeness (QED) is 0.865. The normalized spacial score (nSPS) is 12.6. The van der Waals surface area contributed by atoms with Crippen molar-refractivity contribution in [1.82, 2.24) is 14.9 Å². The molecule has 2 rings (SSSR count). The van der Waals surface area contributed by atoms with Gasteiger partial charge in [0.1, 0.15) is 11.6 Å². The molecule has 108 valence electrons.